The van der Waals surface area contributed by atoms with Crippen LogP contribution in [0.5, 0.6) is 5.75 Å². The van der Waals surface area contributed by atoms with Crippen molar-refractivity contribution in [2.24, 2.45) is 0 Å². The molecule has 1 N–H and O–H groups in total. The Labute approximate surface area is 200 Å². The predicted molar refractivity (Wildman–Crippen MR) is 129 cm³/mol. The molecule has 2 heterocycles. The maximum absolute atomic E-state index is 13.1. The molecule has 2 aliphatic rings. The predicted octanol–water partition coefficient (Wildman–Crippen LogP) is 2.72. The van der Waals surface area contributed by atoms with Gasteiger partial charge in [-0.15, -0.1) is 0 Å². The Bertz CT molecular complexity index is 1130. The summed E-state index contributed by atoms with van der Waals surface area (Å²) >= 11 is 0. The fourth-order valence-electron chi connectivity index (χ4n) is 4.41. The van der Waals surface area contributed by atoms with Crippen LogP contribution in [0.2, 0.25) is 0 Å². The molecule has 9 heteroatoms. The van der Waals surface area contributed by atoms with Crippen molar-refractivity contribution in [2.45, 2.75) is 49.5 Å². The Morgan fingerprint density at radius 1 is 1.00 bits per heavy atom. The van der Waals surface area contributed by atoms with Crippen molar-refractivity contribution in [2.75, 3.05) is 31.6 Å². The zero-order chi connectivity index (χ0) is 24.1. The highest BCUT2D eigenvalue weighted by Gasteiger charge is 2.33. The first-order chi connectivity index (χ1) is 16.4. The monoisotopic (exact) mass is 485 g/mol. The first-order valence-corrected chi connectivity index (χ1v) is 13.2. The van der Waals surface area contributed by atoms with Gasteiger partial charge in [0.1, 0.15) is 5.75 Å². The first-order valence-electron chi connectivity index (χ1n) is 11.8. The smallest absolute Gasteiger partial charge is 0.262 e. The molecule has 1 fully saturated rings. The van der Waals surface area contributed by atoms with Crippen molar-refractivity contribution in [1.82, 2.24) is 9.62 Å². The van der Waals surface area contributed by atoms with Crippen LogP contribution in [0.1, 0.15) is 37.7 Å². The van der Waals surface area contributed by atoms with Gasteiger partial charge in [0.05, 0.1) is 17.1 Å². The largest absolute Gasteiger partial charge is 0.477 e. The Morgan fingerprint density at radius 3 is 2.35 bits per heavy atom. The van der Waals surface area contributed by atoms with E-state index in [0.717, 1.165) is 31.2 Å². The van der Waals surface area contributed by atoms with Crippen LogP contribution < -0.4 is 15.0 Å². The number of likely N-dealkylation sites (N-methyl/N-ethyl adjacent to an activating group) is 1. The summed E-state index contributed by atoms with van der Waals surface area (Å²) in [5.41, 5.74) is 1.53. The van der Waals surface area contributed by atoms with Crippen molar-refractivity contribution in [3.63, 3.8) is 0 Å². The molecule has 1 unspecified atom stereocenters. The molecule has 8 nitrogen and oxygen atoms in total. The topological polar surface area (TPSA) is 96.0 Å². The number of sulfonamides is 1. The highest BCUT2D eigenvalue weighted by Crippen LogP contribution is 2.33. The lowest BCUT2D eigenvalue weighted by Crippen LogP contribution is -2.50. The molecule has 0 aromatic heterocycles. The molecule has 4 rings (SSSR count). The summed E-state index contributed by atoms with van der Waals surface area (Å²) in [6, 6.07) is 14.0. The Morgan fingerprint density at radius 2 is 1.68 bits per heavy atom. The quantitative estimate of drug-likeness (QED) is 0.679. The molecular formula is C25H31N3O5S. The van der Waals surface area contributed by atoms with E-state index >= 15 is 0 Å². The molecule has 2 amide bonds. The van der Waals surface area contributed by atoms with E-state index in [2.05, 4.69) is 5.32 Å². The van der Waals surface area contributed by atoms with Gasteiger partial charge in [-0.1, -0.05) is 37.1 Å². The Hall–Kier alpha value is -2.91. The van der Waals surface area contributed by atoms with Crippen molar-refractivity contribution >= 4 is 27.5 Å². The number of carbonyl (C=O) groups is 2. The number of fused-ring (bicyclic) bond motifs is 1. The van der Waals surface area contributed by atoms with Crippen LogP contribution in [0.15, 0.2) is 53.4 Å². The molecule has 182 valence electrons. The van der Waals surface area contributed by atoms with Gasteiger partial charge in [-0.25, -0.2) is 8.42 Å². The van der Waals surface area contributed by atoms with Gasteiger partial charge < -0.3 is 15.0 Å². The number of nitrogens with zero attached hydrogens (tertiary/aromatic N) is 2. The van der Waals surface area contributed by atoms with Crippen LogP contribution in [0.4, 0.5) is 5.69 Å². The summed E-state index contributed by atoms with van der Waals surface area (Å²) in [7, 11) is -1.96. The zero-order valence-electron chi connectivity index (χ0n) is 19.4. The average molecular weight is 486 g/mol. The fourth-order valence-corrected chi connectivity index (χ4v) is 5.93. The van der Waals surface area contributed by atoms with Gasteiger partial charge in [0.25, 0.3) is 5.91 Å². The molecule has 34 heavy (non-hydrogen) atoms. The molecule has 0 aliphatic carbocycles. The van der Waals surface area contributed by atoms with Gasteiger partial charge in [-0.05, 0) is 49.1 Å². The molecular weight excluding hydrogens is 454 g/mol. The number of hydrogen-bond donors (Lipinski definition) is 1. The van der Waals surface area contributed by atoms with Gasteiger partial charge in [0.15, 0.2) is 6.10 Å². The maximum atomic E-state index is 13.1. The number of rotatable bonds is 6. The first kappa shape index (κ1) is 24.2. The third-order valence-electron chi connectivity index (χ3n) is 6.37. The van der Waals surface area contributed by atoms with E-state index in [-0.39, 0.29) is 24.8 Å². The van der Waals surface area contributed by atoms with Gasteiger partial charge in [-0.2, -0.15) is 4.31 Å². The molecule has 2 aliphatic heterocycles. The van der Waals surface area contributed by atoms with Gasteiger partial charge >= 0.3 is 0 Å². The van der Waals surface area contributed by atoms with Crippen molar-refractivity contribution in [3.05, 3.63) is 54.1 Å². The van der Waals surface area contributed by atoms with Crippen LogP contribution >= 0.6 is 0 Å². The Balaban J connectivity index is 1.42. The summed E-state index contributed by atoms with van der Waals surface area (Å²) in [6.07, 6.45) is 3.84. The summed E-state index contributed by atoms with van der Waals surface area (Å²) in [5, 5.41) is 2.57. The van der Waals surface area contributed by atoms with E-state index in [1.165, 1.54) is 7.05 Å². The van der Waals surface area contributed by atoms with Crippen LogP contribution in [0.3, 0.4) is 0 Å². The third-order valence-corrected chi connectivity index (χ3v) is 8.28. The lowest BCUT2D eigenvalue weighted by molar-refractivity contribution is -0.127. The number of aryl methyl sites for hydroxylation is 1. The number of nitrogens with one attached hydrogen (secondary N) is 1. The highest BCUT2D eigenvalue weighted by atomic mass is 32.2. The number of carbonyl (C=O) groups excluding carboxylic acids is 2. The molecule has 1 saturated heterocycles. The van der Waals surface area contributed by atoms with Crippen LogP contribution in [-0.2, 0) is 26.0 Å². The maximum Gasteiger partial charge on any atom is 0.262 e. The lowest BCUT2D eigenvalue weighted by atomic mass is 10.1. The second-order valence-corrected chi connectivity index (χ2v) is 10.6. The van der Waals surface area contributed by atoms with Crippen LogP contribution in [0, 0.1) is 0 Å². The minimum absolute atomic E-state index is 0.120. The second-order valence-electron chi connectivity index (χ2n) is 8.66. The SMILES string of the molecule is CNC(=O)C1CN(C(=O)CCc2ccc(S(=O)(=O)N3CCCCCC3)cc2)c2ccccc2O1. The third kappa shape index (κ3) is 5.26. The van der Waals surface area contributed by atoms with E-state index in [1.807, 2.05) is 6.07 Å². The molecule has 2 aromatic carbocycles. The molecule has 1 atom stereocenters. The summed E-state index contributed by atoms with van der Waals surface area (Å²) in [4.78, 5) is 27.1. The van der Waals surface area contributed by atoms with Crippen molar-refractivity contribution in [1.29, 1.82) is 0 Å². The average Bonchev–Trinajstić information content (AvgIpc) is 3.16. The van der Waals surface area contributed by atoms with Gasteiger partial charge in [0, 0.05) is 26.6 Å². The minimum Gasteiger partial charge on any atom is -0.477 e. The summed E-state index contributed by atoms with van der Waals surface area (Å²) < 4.78 is 33.3. The normalized spacial score (nSPS) is 19.0. The molecule has 0 radical (unpaired) electrons. The molecule has 0 spiro atoms. The number of anilines is 1. The molecule has 0 saturated carbocycles. The van der Waals surface area contributed by atoms with E-state index in [0.29, 0.717) is 35.8 Å². The second kappa shape index (κ2) is 10.6. The number of hydrogen-bond acceptors (Lipinski definition) is 5. The number of benzene rings is 2. The minimum atomic E-state index is -3.49. The Kier molecular flexibility index (Phi) is 7.53. The highest BCUT2D eigenvalue weighted by molar-refractivity contribution is 7.89. The zero-order valence-corrected chi connectivity index (χ0v) is 20.2. The van der Waals surface area contributed by atoms with Crippen molar-refractivity contribution in [3.8, 4) is 5.75 Å². The summed E-state index contributed by atoms with van der Waals surface area (Å²) in [5.74, 6) is 0.0956. The van der Waals surface area contributed by atoms with Gasteiger partial charge in [-0.3, -0.25) is 9.59 Å². The summed E-state index contributed by atoms with van der Waals surface area (Å²) in [6.45, 7) is 1.27. The van der Waals surface area contributed by atoms with E-state index in [4.69, 9.17) is 4.74 Å². The fraction of sp³-hybridized carbons (Fsp3) is 0.440. The molecule has 0 bridgehead atoms. The van der Waals surface area contributed by atoms with Crippen molar-refractivity contribution < 1.29 is 22.7 Å². The van der Waals surface area contributed by atoms with E-state index in [1.54, 1.807) is 51.7 Å². The number of ether oxygens (including phenoxy) is 1. The van der Waals surface area contributed by atoms with E-state index < -0.39 is 16.1 Å². The van der Waals surface area contributed by atoms with Crippen LogP contribution in [-0.4, -0.2) is 57.3 Å². The van der Waals surface area contributed by atoms with Crippen LogP contribution in [0.25, 0.3) is 0 Å². The number of amides is 2. The standard InChI is InChI=1S/C25H31N3O5S/c1-26-25(30)23-18-28(21-8-4-5-9-22(21)33-23)24(29)15-12-19-10-13-20(14-11-19)34(31,32)27-16-6-2-3-7-17-27/h4-5,8-11,13-14,23H,2-3,6-7,12,15-18H2,1H3,(H,26,30). The lowest BCUT2D eigenvalue weighted by Gasteiger charge is -2.34. The number of para-hydroxylation sites is 2. The molecule has 2 aromatic rings. The van der Waals surface area contributed by atoms with E-state index in [9.17, 15) is 18.0 Å². The van der Waals surface area contributed by atoms with Gasteiger partial charge in [0.2, 0.25) is 15.9 Å².